The highest BCUT2D eigenvalue weighted by atomic mass is 16.5. The molecule has 3 rings (SSSR count). The molecule has 2 aromatic rings. The third kappa shape index (κ3) is 7.78. The Hall–Kier alpha value is -2.19. The molecule has 1 N–H and O–H groups in total. The molecule has 0 saturated carbocycles. The molecule has 0 spiro atoms. The molecule has 1 saturated heterocycles. The summed E-state index contributed by atoms with van der Waals surface area (Å²) < 4.78 is 11.4. The van der Waals surface area contributed by atoms with Gasteiger partial charge in [-0.05, 0) is 63.4 Å². The van der Waals surface area contributed by atoms with Crippen LogP contribution >= 0.6 is 0 Å². The first-order chi connectivity index (χ1) is 15.0. The van der Waals surface area contributed by atoms with E-state index in [1.807, 2.05) is 42.6 Å². The number of pyridine rings is 1. The van der Waals surface area contributed by atoms with Gasteiger partial charge in [-0.25, -0.2) is 0 Å². The van der Waals surface area contributed by atoms with Crippen LogP contribution in [0.2, 0.25) is 0 Å². The quantitative estimate of drug-likeness (QED) is 0.622. The van der Waals surface area contributed by atoms with Crippen molar-refractivity contribution in [1.82, 2.24) is 19.7 Å². The Bertz CT molecular complexity index is 790. The molecule has 31 heavy (non-hydrogen) atoms. The summed E-state index contributed by atoms with van der Waals surface area (Å²) in [4.78, 5) is 11.3. The number of nitrogens with zero attached hydrogens (tertiary/aromatic N) is 4. The zero-order chi connectivity index (χ0) is 22.1. The van der Waals surface area contributed by atoms with Gasteiger partial charge in [0, 0.05) is 38.9 Å². The molecule has 1 aliphatic heterocycles. The molecule has 7 heteroatoms. The topological polar surface area (TPSA) is 61.3 Å². The van der Waals surface area contributed by atoms with E-state index in [9.17, 15) is 5.11 Å². The molecule has 0 bridgehead atoms. The Labute approximate surface area is 186 Å². The van der Waals surface area contributed by atoms with E-state index < -0.39 is 6.10 Å². The van der Waals surface area contributed by atoms with Gasteiger partial charge in [-0.2, -0.15) is 0 Å². The maximum atomic E-state index is 10.5. The number of likely N-dealkylation sites (N-methyl/N-ethyl adjacent to an activating group) is 1. The van der Waals surface area contributed by atoms with Crippen LogP contribution in [0.25, 0.3) is 0 Å². The van der Waals surface area contributed by atoms with Gasteiger partial charge in [0.15, 0.2) is 11.5 Å². The maximum Gasteiger partial charge on any atom is 0.161 e. The van der Waals surface area contributed by atoms with Gasteiger partial charge in [-0.1, -0.05) is 12.1 Å². The minimum Gasteiger partial charge on any atom is -0.493 e. The predicted octanol–water partition coefficient (Wildman–Crippen LogP) is 2.10. The lowest BCUT2D eigenvalue weighted by atomic mass is 10.2. The van der Waals surface area contributed by atoms with Crippen LogP contribution in [0.3, 0.4) is 0 Å². The largest absolute Gasteiger partial charge is 0.493 e. The minimum atomic E-state index is -0.538. The standard InChI is InChI=1S/C24H36N4O3/c1-26-11-6-12-28(14-13-26)18-22(29)19-31-24-15-20(8-9-23(24)30-3)16-27(2)17-21-7-4-5-10-25-21/h4-5,7-10,15,22,29H,6,11-14,16-19H2,1-3H3. The average molecular weight is 429 g/mol. The van der Waals surface area contributed by atoms with E-state index >= 15 is 0 Å². The molecule has 2 heterocycles. The number of ether oxygens (including phenoxy) is 2. The lowest BCUT2D eigenvalue weighted by Gasteiger charge is -2.24. The van der Waals surface area contributed by atoms with Crippen molar-refractivity contribution < 1.29 is 14.6 Å². The zero-order valence-corrected chi connectivity index (χ0v) is 19.0. The van der Waals surface area contributed by atoms with Crippen molar-refractivity contribution in [3.05, 3.63) is 53.9 Å². The number of methoxy groups -OCH3 is 1. The summed E-state index contributed by atoms with van der Waals surface area (Å²) >= 11 is 0. The zero-order valence-electron chi connectivity index (χ0n) is 19.0. The Morgan fingerprint density at radius 2 is 1.97 bits per heavy atom. The summed E-state index contributed by atoms with van der Waals surface area (Å²) in [5.74, 6) is 1.35. The van der Waals surface area contributed by atoms with Crippen molar-refractivity contribution in [2.24, 2.45) is 0 Å². The van der Waals surface area contributed by atoms with Crippen molar-refractivity contribution in [2.75, 3.05) is 60.5 Å². The Morgan fingerprint density at radius 1 is 1.10 bits per heavy atom. The highest BCUT2D eigenvalue weighted by Crippen LogP contribution is 2.29. The molecule has 0 aliphatic carbocycles. The summed E-state index contributed by atoms with van der Waals surface area (Å²) in [7, 11) is 5.86. The lowest BCUT2D eigenvalue weighted by molar-refractivity contribution is 0.0685. The first kappa shape index (κ1) is 23.5. The number of rotatable bonds is 10. The Balaban J connectivity index is 1.53. The second-order valence-electron chi connectivity index (χ2n) is 8.40. The van der Waals surface area contributed by atoms with Crippen molar-refractivity contribution in [3.8, 4) is 11.5 Å². The van der Waals surface area contributed by atoms with Gasteiger partial charge in [-0.15, -0.1) is 0 Å². The minimum absolute atomic E-state index is 0.246. The van der Waals surface area contributed by atoms with Crippen LogP contribution in [0.15, 0.2) is 42.6 Å². The van der Waals surface area contributed by atoms with Crippen LogP contribution < -0.4 is 9.47 Å². The van der Waals surface area contributed by atoms with E-state index in [1.54, 1.807) is 7.11 Å². The van der Waals surface area contributed by atoms with Crippen LogP contribution in [0.5, 0.6) is 11.5 Å². The molecule has 1 aromatic carbocycles. The SMILES string of the molecule is COc1ccc(CN(C)Cc2ccccn2)cc1OCC(O)CN1CCCN(C)CC1. The van der Waals surface area contributed by atoms with Gasteiger partial charge in [0.2, 0.25) is 0 Å². The van der Waals surface area contributed by atoms with E-state index in [4.69, 9.17) is 9.47 Å². The highest BCUT2D eigenvalue weighted by Gasteiger charge is 2.17. The molecule has 7 nitrogen and oxygen atoms in total. The van der Waals surface area contributed by atoms with E-state index in [2.05, 4.69) is 33.8 Å². The summed E-state index contributed by atoms with van der Waals surface area (Å²) in [5, 5.41) is 10.5. The van der Waals surface area contributed by atoms with Crippen LogP contribution in [0, 0.1) is 0 Å². The number of aliphatic hydroxyl groups is 1. The molecule has 1 fully saturated rings. The van der Waals surface area contributed by atoms with Crippen molar-refractivity contribution in [1.29, 1.82) is 0 Å². The van der Waals surface area contributed by atoms with Gasteiger partial charge in [0.25, 0.3) is 0 Å². The Kier molecular flexibility index (Phi) is 9.09. The Morgan fingerprint density at radius 3 is 2.74 bits per heavy atom. The van der Waals surface area contributed by atoms with Gasteiger partial charge >= 0.3 is 0 Å². The number of hydrogen-bond donors (Lipinski definition) is 1. The molecule has 0 radical (unpaired) electrons. The summed E-state index contributed by atoms with van der Waals surface area (Å²) in [5.41, 5.74) is 2.16. The number of benzene rings is 1. The summed E-state index contributed by atoms with van der Waals surface area (Å²) in [6, 6.07) is 11.9. The second-order valence-corrected chi connectivity index (χ2v) is 8.40. The molecule has 1 aromatic heterocycles. The lowest BCUT2D eigenvalue weighted by Crippen LogP contribution is -2.37. The summed E-state index contributed by atoms with van der Waals surface area (Å²) in [6.45, 7) is 6.56. The van der Waals surface area contributed by atoms with Gasteiger partial charge < -0.3 is 19.5 Å². The van der Waals surface area contributed by atoms with Crippen molar-refractivity contribution in [2.45, 2.75) is 25.6 Å². The van der Waals surface area contributed by atoms with Crippen molar-refractivity contribution in [3.63, 3.8) is 0 Å². The number of aliphatic hydroxyl groups excluding tert-OH is 1. The van der Waals surface area contributed by atoms with E-state index in [-0.39, 0.29) is 6.61 Å². The van der Waals surface area contributed by atoms with Crippen LogP contribution in [0.4, 0.5) is 0 Å². The van der Waals surface area contributed by atoms with E-state index in [0.717, 1.165) is 56.9 Å². The molecular weight excluding hydrogens is 392 g/mol. The maximum absolute atomic E-state index is 10.5. The van der Waals surface area contributed by atoms with Crippen LogP contribution in [-0.4, -0.2) is 91.4 Å². The predicted molar refractivity (Wildman–Crippen MR) is 122 cm³/mol. The summed E-state index contributed by atoms with van der Waals surface area (Å²) in [6.07, 6.45) is 2.41. The molecule has 170 valence electrons. The van der Waals surface area contributed by atoms with Gasteiger partial charge in [-0.3, -0.25) is 14.8 Å². The number of aromatic nitrogens is 1. The second kappa shape index (κ2) is 12.0. The first-order valence-electron chi connectivity index (χ1n) is 11.0. The van der Waals surface area contributed by atoms with Crippen molar-refractivity contribution >= 4 is 0 Å². The highest BCUT2D eigenvalue weighted by molar-refractivity contribution is 5.43. The first-order valence-corrected chi connectivity index (χ1v) is 11.0. The fraction of sp³-hybridized carbons (Fsp3) is 0.542. The average Bonchev–Trinajstić information content (AvgIpc) is 2.97. The van der Waals surface area contributed by atoms with Gasteiger partial charge in [0.1, 0.15) is 12.7 Å². The molecule has 1 atom stereocenters. The van der Waals surface area contributed by atoms with Gasteiger partial charge in [0.05, 0.1) is 12.8 Å². The fourth-order valence-corrected chi connectivity index (χ4v) is 3.89. The van der Waals surface area contributed by atoms with Crippen LogP contribution in [0.1, 0.15) is 17.7 Å². The molecule has 1 aliphatic rings. The molecule has 0 amide bonds. The van der Waals surface area contributed by atoms with Crippen LogP contribution in [-0.2, 0) is 13.1 Å². The monoisotopic (exact) mass is 428 g/mol. The smallest absolute Gasteiger partial charge is 0.161 e. The number of hydrogen-bond acceptors (Lipinski definition) is 7. The fourth-order valence-electron chi connectivity index (χ4n) is 3.89. The van der Waals surface area contributed by atoms with E-state index in [1.165, 1.54) is 0 Å². The number of β-amino-alcohol motifs (C(OH)–C–C–N with tert-alkyl or cyclic N) is 1. The third-order valence-electron chi connectivity index (χ3n) is 5.55. The molecule has 1 unspecified atom stereocenters. The van der Waals surface area contributed by atoms with E-state index in [0.29, 0.717) is 18.0 Å². The third-order valence-corrected chi connectivity index (χ3v) is 5.55. The normalized spacial score (nSPS) is 16.8. The molecular formula is C24H36N4O3.